The first-order valence-corrected chi connectivity index (χ1v) is 7.76. The summed E-state index contributed by atoms with van der Waals surface area (Å²) in [4.78, 5) is 11.8. The quantitative estimate of drug-likeness (QED) is 0.388. The number of allylic oxidation sites excluding steroid dienone is 1. The highest BCUT2D eigenvalue weighted by molar-refractivity contribution is 5.89. The second-order valence-electron chi connectivity index (χ2n) is 5.74. The smallest absolute Gasteiger partial charge is 0.157 e. The van der Waals surface area contributed by atoms with Crippen molar-refractivity contribution in [1.82, 2.24) is 0 Å². The Morgan fingerprint density at radius 1 is 0.880 bits per heavy atom. The maximum atomic E-state index is 11.8. The molecule has 25 heavy (non-hydrogen) atoms. The number of phenolic OH excluding ortho intramolecular Hbond substituents is 4. The first-order chi connectivity index (χ1) is 11.8. The van der Waals surface area contributed by atoms with Crippen LogP contribution in [0.15, 0.2) is 48.6 Å². The topological polar surface area (TPSA) is 118 Å². The first kappa shape index (κ1) is 18.4. The molecule has 0 heterocycles. The van der Waals surface area contributed by atoms with Gasteiger partial charge in [-0.2, -0.15) is 0 Å². The third-order valence-electron chi connectivity index (χ3n) is 3.69. The summed E-state index contributed by atoms with van der Waals surface area (Å²) in [5.41, 5.74) is 1.34. The van der Waals surface area contributed by atoms with E-state index < -0.39 is 6.10 Å². The molecule has 2 aromatic carbocycles. The van der Waals surface area contributed by atoms with Gasteiger partial charge < -0.3 is 25.5 Å². The van der Waals surface area contributed by atoms with E-state index in [1.54, 1.807) is 12.1 Å². The number of aromatic hydroxyl groups is 4. The maximum absolute atomic E-state index is 11.8. The van der Waals surface area contributed by atoms with Crippen molar-refractivity contribution in [2.45, 2.75) is 25.4 Å². The van der Waals surface area contributed by atoms with E-state index in [0.29, 0.717) is 12.0 Å². The first-order valence-electron chi connectivity index (χ1n) is 7.76. The summed E-state index contributed by atoms with van der Waals surface area (Å²) in [6, 6.07) is 8.65. The molecule has 2 rings (SSSR count). The molecule has 5 N–H and O–H groups in total. The van der Waals surface area contributed by atoms with Crippen LogP contribution in [0.4, 0.5) is 0 Å². The Kier molecular flexibility index (Phi) is 6.03. The van der Waals surface area contributed by atoms with Crippen molar-refractivity contribution >= 4 is 5.78 Å². The van der Waals surface area contributed by atoms with E-state index in [9.17, 15) is 30.3 Å². The Hall–Kier alpha value is -2.99. The second-order valence-corrected chi connectivity index (χ2v) is 5.74. The van der Waals surface area contributed by atoms with Crippen LogP contribution in [0.5, 0.6) is 23.0 Å². The van der Waals surface area contributed by atoms with Crippen molar-refractivity contribution in [3.63, 3.8) is 0 Å². The summed E-state index contributed by atoms with van der Waals surface area (Å²) in [5, 5.41) is 47.2. The van der Waals surface area contributed by atoms with Crippen molar-refractivity contribution < 1.29 is 30.3 Å². The Balaban J connectivity index is 1.84. The lowest BCUT2D eigenvalue weighted by molar-refractivity contribution is -0.114. The third-order valence-corrected chi connectivity index (χ3v) is 3.69. The van der Waals surface area contributed by atoms with Gasteiger partial charge in [-0.15, -0.1) is 0 Å². The molecule has 132 valence electrons. The number of rotatable bonds is 7. The minimum absolute atomic E-state index is 0.180. The van der Waals surface area contributed by atoms with Gasteiger partial charge >= 0.3 is 0 Å². The van der Waals surface area contributed by atoms with Crippen LogP contribution in [0.3, 0.4) is 0 Å². The number of benzene rings is 2. The Labute approximate surface area is 144 Å². The van der Waals surface area contributed by atoms with E-state index in [1.165, 1.54) is 36.4 Å². The number of ketones is 1. The van der Waals surface area contributed by atoms with Gasteiger partial charge in [-0.3, -0.25) is 4.79 Å². The van der Waals surface area contributed by atoms with Crippen LogP contribution >= 0.6 is 0 Å². The van der Waals surface area contributed by atoms with Crippen LogP contribution in [0.2, 0.25) is 0 Å². The van der Waals surface area contributed by atoms with Gasteiger partial charge in [0, 0.05) is 12.8 Å². The van der Waals surface area contributed by atoms with Crippen LogP contribution in [-0.4, -0.2) is 37.4 Å². The lowest BCUT2D eigenvalue weighted by Crippen LogP contribution is -2.08. The molecule has 0 aliphatic rings. The summed E-state index contributed by atoms with van der Waals surface area (Å²) in [6.45, 7) is 0. The third kappa shape index (κ3) is 5.54. The highest BCUT2D eigenvalue weighted by atomic mass is 16.3. The van der Waals surface area contributed by atoms with Gasteiger partial charge in [0.05, 0.1) is 6.10 Å². The predicted octanol–water partition coefficient (Wildman–Crippen LogP) is 2.17. The number of aliphatic hydroxyl groups is 1. The van der Waals surface area contributed by atoms with Crippen LogP contribution in [-0.2, 0) is 17.6 Å². The standard InChI is InChI=1S/C19H20O6/c20-14(4-1-12-2-7-16(22)18(24)10-12)5-6-15(21)9-13-3-8-17(23)19(25)11-13/h2-3,5-8,10-11,15,21-25H,1,4,9H2/b6-5+. The molecular formula is C19H20O6. The summed E-state index contributed by atoms with van der Waals surface area (Å²) in [5.74, 6) is -1.11. The van der Waals surface area contributed by atoms with E-state index in [2.05, 4.69) is 0 Å². The molecule has 0 aromatic heterocycles. The van der Waals surface area contributed by atoms with Gasteiger partial charge in [0.2, 0.25) is 0 Å². The van der Waals surface area contributed by atoms with E-state index in [0.717, 1.165) is 5.56 Å². The number of hydrogen-bond donors (Lipinski definition) is 5. The Morgan fingerprint density at radius 2 is 1.44 bits per heavy atom. The fourth-order valence-electron chi connectivity index (χ4n) is 2.30. The molecule has 0 bridgehead atoms. The summed E-state index contributed by atoms with van der Waals surface area (Å²) >= 11 is 0. The van der Waals surface area contributed by atoms with Gasteiger partial charge in [-0.25, -0.2) is 0 Å². The second kappa shape index (κ2) is 8.21. The van der Waals surface area contributed by atoms with Gasteiger partial charge in [0.25, 0.3) is 0 Å². The van der Waals surface area contributed by atoms with E-state index in [-0.39, 0.29) is 41.6 Å². The number of carbonyl (C=O) groups is 1. The highest BCUT2D eigenvalue weighted by Crippen LogP contribution is 2.26. The molecule has 2 aromatic rings. The molecule has 0 aliphatic heterocycles. The minimum atomic E-state index is -0.898. The molecule has 6 heteroatoms. The van der Waals surface area contributed by atoms with Crippen LogP contribution in [0.25, 0.3) is 0 Å². The summed E-state index contributed by atoms with van der Waals surface area (Å²) in [6.07, 6.45) is 2.58. The molecule has 0 spiro atoms. The van der Waals surface area contributed by atoms with Crippen LogP contribution < -0.4 is 0 Å². The number of phenols is 4. The minimum Gasteiger partial charge on any atom is -0.504 e. The lowest BCUT2D eigenvalue weighted by atomic mass is 10.0. The SMILES string of the molecule is O=C(/C=C/C(O)Cc1ccc(O)c(O)c1)CCc1ccc(O)c(O)c1. The molecule has 0 radical (unpaired) electrons. The van der Waals surface area contributed by atoms with Gasteiger partial charge in [-0.1, -0.05) is 18.2 Å². The summed E-state index contributed by atoms with van der Waals surface area (Å²) < 4.78 is 0. The molecule has 6 nitrogen and oxygen atoms in total. The molecule has 0 saturated heterocycles. The van der Waals surface area contributed by atoms with Crippen molar-refractivity contribution in [1.29, 1.82) is 0 Å². The monoisotopic (exact) mass is 344 g/mol. The zero-order valence-electron chi connectivity index (χ0n) is 13.5. The van der Waals surface area contributed by atoms with Crippen LogP contribution in [0.1, 0.15) is 17.5 Å². The van der Waals surface area contributed by atoms with Gasteiger partial charge in [0.1, 0.15) is 0 Å². The molecule has 0 aliphatic carbocycles. The van der Waals surface area contributed by atoms with E-state index >= 15 is 0 Å². The maximum Gasteiger partial charge on any atom is 0.157 e. The zero-order chi connectivity index (χ0) is 18.4. The van der Waals surface area contributed by atoms with Gasteiger partial charge in [-0.05, 0) is 47.9 Å². The van der Waals surface area contributed by atoms with E-state index in [1.807, 2.05) is 0 Å². The average Bonchev–Trinajstić information content (AvgIpc) is 2.57. The Morgan fingerprint density at radius 3 is 2.04 bits per heavy atom. The molecular weight excluding hydrogens is 324 g/mol. The van der Waals surface area contributed by atoms with Crippen molar-refractivity contribution in [3.8, 4) is 23.0 Å². The number of aliphatic hydroxyl groups excluding tert-OH is 1. The fraction of sp³-hybridized carbons (Fsp3) is 0.211. The number of hydrogen-bond acceptors (Lipinski definition) is 6. The van der Waals surface area contributed by atoms with Crippen LogP contribution in [0, 0.1) is 0 Å². The largest absolute Gasteiger partial charge is 0.504 e. The fourth-order valence-corrected chi connectivity index (χ4v) is 2.30. The zero-order valence-corrected chi connectivity index (χ0v) is 13.5. The molecule has 0 saturated carbocycles. The number of aryl methyl sites for hydroxylation is 1. The normalized spacial score (nSPS) is 12.4. The number of carbonyl (C=O) groups excluding carboxylic acids is 1. The van der Waals surface area contributed by atoms with Crippen molar-refractivity contribution in [2.75, 3.05) is 0 Å². The molecule has 0 fully saturated rings. The Bertz CT molecular complexity index is 781. The van der Waals surface area contributed by atoms with Crippen molar-refractivity contribution in [2.24, 2.45) is 0 Å². The predicted molar refractivity (Wildman–Crippen MR) is 91.7 cm³/mol. The molecule has 0 amide bonds. The molecule has 1 atom stereocenters. The molecule has 1 unspecified atom stereocenters. The van der Waals surface area contributed by atoms with E-state index in [4.69, 9.17) is 0 Å². The lowest BCUT2D eigenvalue weighted by Gasteiger charge is -2.07. The highest BCUT2D eigenvalue weighted by Gasteiger charge is 2.07. The van der Waals surface area contributed by atoms with Crippen molar-refractivity contribution in [3.05, 3.63) is 59.7 Å². The average molecular weight is 344 g/mol. The van der Waals surface area contributed by atoms with Gasteiger partial charge in [0.15, 0.2) is 28.8 Å². The summed E-state index contributed by atoms with van der Waals surface area (Å²) in [7, 11) is 0.